The molecule has 0 bridgehead atoms. The van der Waals surface area contributed by atoms with Crippen molar-refractivity contribution in [3.8, 4) is 10.8 Å². The Morgan fingerprint density at radius 2 is 1.86 bits per heavy atom. The molecule has 1 saturated heterocycles. The quantitative estimate of drug-likeness (QED) is 0.665. The number of nitrogens with one attached hydrogen (secondary N) is 1. The van der Waals surface area contributed by atoms with Gasteiger partial charge in [-0.25, -0.2) is 4.98 Å². The molecular formula is C21H24N4O2S. The first-order valence-corrected chi connectivity index (χ1v) is 10.4. The van der Waals surface area contributed by atoms with Gasteiger partial charge in [-0.3, -0.25) is 14.6 Å². The van der Waals surface area contributed by atoms with Gasteiger partial charge in [0, 0.05) is 32.7 Å². The molecule has 0 atom stereocenters. The van der Waals surface area contributed by atoms with Crippen LogP contribution in [0.4, 0.5) is 0 Å². The van der Waals surface area contributed by atoms with Gasteiger partial charge in [0.15, 0.2) is 0 Å². The van der Waals surface area contributed by atoms with E-state index in [1.54, 1.807) is 17.6 Å². The number of benzene rings is 1. The zero-order chi connectivity index (χ0) is 19.2. The van der Waals surface area contributed by atoms with Crippen LogP contribution in [0.2, 0.25) is 0 Å². The van der Waals surface area contributed by atoms with Crippen LogP contribution >= 0.6 is 11.3 Å². The summed E-state index contributed by atoms with van der Waals surface area (Å²) < 4.78 is 5.48. The summed E-state index contributed by atoms with van der Waals surface area (Å²) in [5.74, 6) is 0.631. The maximum Gasteiger partial charge on any atom is 0.236 e. The molecule has 4 rings (SSSR count). The summed E-state index contributed by atoms with van der Waals surface area (Å²) in [6.45, 7) is 5.57. The van der Waals surface area contributed by atoms with E-state index >= 15 is 0 Å². The van der Waals surface area contributed by atoms with Gasteiger partial charge in [-0.1, -0.05) is 36.4 Å². The molecule has 28 heavy (non-hydrogen) atoms. The van der Waals surface area contributed by atoms with Crippen molar-refractivity contribution in [3.63, 3.8) is 0 Å². The number of piperazine rings is 1. The van der Waals surface area contributed by atoms with Crippen LogP contribution in [0.3, 0.4) is 0 Å². The number of oxazole rings is 1. The highest BCUT2D eigenvalue weighted by molar-refractivity contribution is 7.13. The molecule has 1 fully saturated rings. The van der Waals surface area contributed by atoms with E-state index in [1.807, 2.05) is 23.6 Å². The fourth-order valence-electron chi connectivity index (χ4n) is 3.30. The lowest BCUT2D eigenvalue weighted by atomic mass is 10.2. The molecule has 1 aliphatic heterocycles. The molecule has 0 radical (unpaired) electrons. The Kier molecular flexibility index (Phi) is 6.16. The minimum absolute atomic E-state index is 0.0252. The van der Waals surface area contributed by atoms with Gasteiger partial charge in [0.25, 0.3) is 0 Å². The van der Waals surface area contributed by atoms with Crippen LogP contribution in [0.5, 0.6) is 0 Å². The van der Waals surface area contributed by atoms with Crippen LogP contribution in [0.1, 0.15) is 11.3 Å². The van der Waals surface area contributed by atoms with Gasteiger partial charge in [0.05, 0.1) is 23.7 Å². The normalized spacial score (nSPS) is 15.6. The molecule has 1 N–H and O–H groups in total. The van der Waals surface area contributed by atoms with Crippen molar-refractivity contribution in [2.24, 2.45) is 0 Å². The van der Waals surface area contributed by atoms with Crippen LogP contribution in [-0.2, 0) is 17.9 Å². The lowest BCUT2D eigenvalue weighted by molar-refractivity contribution is -0.122. The van der Waals surface area contributed by atoms with Crippen molar-refractivity contribution in [2.75, 3.05) is 32.7 Å². The van der Waals surface area contributed by atoms with E-state index in [1.165, 1.54) is 5.56 Å². The summed E-state index contributed by atoms with van der Waals surface area (Å²) in [6, 6.07) is 14.5. The zero-order valence-corrected chi connectivity index (χ0v) is 16.5. The minimum Gasteiger partial charge on any atom is -0.443 e. The van der Waals surface area contributed by atoms with Gasteiger partial charge in [-0.15, -0.1) is 11.3 Å². The topological polar surface area (TPSA) is 61.6 Å². The highest BCUT2D eigenvalue weighted by Gasteiger charge is 2.19. The van der Waals surface area contributed by atoms with E-state index < -0.39 is 0 Å². The smallest absolute Gasteiger partial charge is 0.236 e. The second-order valence-electron chi connectivity index (χ2n) is 6.94. The molecule has 3 heterocycles. The maximum absolute atomic E-state index is 12.3. The molecule has 6 nitrogen and oxygen atoms in total. The fourth-order valence-corrected chi connectivity index (χ4v) is 3.95. The van der Waals surface area contributed by atoms with Crippen molar-refractivity contribution in [2.45, 2.75) is 13.1 Å². The average Bonchev–Trinajstić information content (AvgIpc) is 3.41. The number of thiophene rings is 1. The number of carbonyl (C=O) groups excluding carboxylic acids is 1. The molecule has 146 valence electrons. The summed E-state index contributed by atoms with van der Waals surface area (Å²) in [4.78, 5) is 22.3. The Balaban J connectivity index is 1.18. The monoisotopic (exact) mass is 396 g/mol. The number of carbonyl (C=O) groups is 1. The van der Waals surface area contributed by atoms with Gasteiger partial charge in [-0.2, -0.15) is 0 Å². The SMILES string of the molecule is O=C(CN1CCN(Cc2ccccc2)CC1)NCc1coc(-c2cccs2)n1. The van der Waals surface area contributed by atoms with E-state index in [9.17, 15) is 4.79 Å². The molecule has 0 saturated carbocycles. The van der Waals surface area contributed by atoms with Gasteiger partial charge >= 0.3 is 0 Å². The Bertz CT molecular complexity index is 871. The highest BCUT2D eigenvalue weighted by atomic mass is 32.1. The van der Waals surface area contributed by atoms with E-state index in [4.69, 9.17) is 4.42 Å². The first-order chi connectivity index (χ1) is 13.8. The third-order valence-electron chi connectivity index (χ3n) is 4.83. The second kappa shape index (κ2) is 9.14. The number of rotatable bonds is 7. The van der Waals surface area contributed by atoms with Crippen LogP contribution in [0, 0.1) is 0 Å². The van der Waals surface area contributed by atoms with Crippen LogP contribution in [0.25, 0.3) is 10.8 Å². The summed E-state index contributed by atoms with van der Waals surface area (Å²) in [7, 11) is 0. The summed E-state index contributed by atoms with van der Waals surface area (Å²) >= 11 is 1.58. The number of aromatic nitrogens is 1. The molecule has 2 aromatic heterocycles. The highest BCUT2D eigenvalue weighted by Crippen LogP contribution is 2.23. The summed E-state index contributed by atoms with van der Waals surface area (Å²) in [5, 5.41) is 4.93. The summed E-state index contributed by atoms with van der Waals surface area (Å²) in [6.07, 6.45) is 1.61. The zero-order valence-electron chi connectivity index (χ0n) is 15.7. The predicted octanol–water partition coefficient (Wildman–Crippen LogP) is 2.84. The fraction of sp³-hybridized carbons (Fsp3) is 0.333. The van der Waals surface area contributed by atoms with Crippen LogP contribution < -0.4 is 5.32 Å². The molecule has 0 unspecified atom stereocenters. The van der Waals surface area contributed by atoms with Crippen molar-refractivity contribution in [1.29, 1.82) is 0 Å². The van der Waals surface area contributed by atoms with Gasteiger partial charge in [0.2, 0.25) is 11.8 Å². The van der Waals surface area contributed by atoms with Crippen molar-refractivity contribution in [1.82, 2.24) is 20.1 Å². The molecule has 0 spiro atoms. The van der Waals surface area contributed by atoms with Crippen molar-refractivity contribution >= 4 is 17.2 Å². The van der Waals surface area contributed by atoms with Crippen LogP contribution in [0.15, 0.2) is 58.5 Å². The Labute approximate surface area is 168 Å². The molecule has 0 aliphatic carbocycles. The molecule has 1 aromatic carbocycles. The second-order valence-corrected chi connectivity index (χ2v) is 7.88. The largest absolute Gasteiger partial charge is 0.443 e. The van der Waals surface area contributed by atoms with E-state index in [0.717, 1.165) is 43.3 Å². The third kappa shape index (κ3) is 5.07. The average molecular weight is 397 g/mol. The lowest BCUT2D eigenvalue weighted by Gasteiger charge is -2.34. The molecule has 3 aromatic rings. The molecule has 1 aliphatic rings. The third-order valence-corrected chi connectivity index (χ3v) is 5.69. The Morgan fingerprint density at radius 1 is 1.07 bits per heavy atom. The van der Waals surface area contributed by atoms with E-state index in [0.29, 0.717) is 19.0 Å². The van der Waals surface area contributed by atoms with Crippen LogP contribution in [-0.4, -0.2) is 53.4 Å². The molecular weight excluding hydrogens is 372 g/mol. The number of hydrogen-bond donors (Lipinski definition) is 1. The van der Waals surface area contributed by atoms with Gasteiger partial charge < -0.3 is 9.73 Å². The number of nitrogens with zero attached hydrogens (tertiary/aromatic N) is 3. The molecule has 1 amide bonds. The van der Waals surface area contributed by atoms with E-state index in [-0.39, 0.29) is 5.91 Å². The Hall–Kier alpha value is -2.48. The Morgan fingerprint density at radius 3 is 2.61 bits per heavy atom. The first-order valence-electron chi connectivity index (χ1n) is 9.50. The predicted molar refractivity (Wildman–Crippen MR) is 110 cm³/mol. The standard InChI is InChI=1S/C21H24N4O2S/c26-20(22-13-18-16-27-21(23-18)19-7-4-12-28-19)15-25-10-8-24(9-11-25)14-17-5-2-1-3-6-17/h1-7,12,16H,8-11,13-15H2,(H,22,26). The summed E-state index contributed by atoms with van der Waals surface area (Å²) in [5.41, 5.74) is 2.08. The van der Waals surface area contributed by atoms with Crippen molar-refractivity contribution < 1.29 is 9.21 Å². The maximum atomic E-state index is 12.3. The van der Waals surface area contributed by atoms with Gasteiger partial charge in [-0.05, 0) is 17.0 Å². The minimum atomic E-state index is 0.0252. The first kappa shape index (κ1) is 18.9. The number of amides is 1. The molecule has 7 heteroatoms. The lowest BCUT2D eigenvalue weighted by Crippen LogP contribution is -2.49. The van der Waals surface area contributed by atoms with Gasteiger partial charge in [0.1, 0.15) is 6.26 Å². The number of hydrogen-bond acceptors (Lipinski definition) is 6. The van der Waals surface area contributed by atoms with E-state index in [2.05, 4.69) is 44.4 Å². The van der Waals surface area contributed by atoms with Crippen molar-refractivity contribution in [3.05, 3.63) is 65.4 Å².